The van der Waals surface area contributed by atoms with Crippen LogP contribution in [0.2, 0.25) is 4.34 Å². The average Bonchev–Trinajstić information content (AvgIpc) is 3.03. The van der Waals surface area contributed by atoms with E-state index < -0.39 is 12.2 Å². The van der Waals surface area contributed by atoms with Crippen molar-refractivity contribution in [2.45, 2.75) is 24.4 Å². The minimum atomic E-state index is -0.420. The predicted molar refractivity (Wildman–Crippen MR) is 111 cm³/mol. The van der Waals surface area contributed by atoms with Gasteiger partial charge in [0.25, 0.3) is 5.91 Å². The van der Waals surface area contributed by atoms with Crippen molar-refractivity contribution < 1.29 is 14.3 Å². The molecule has 2 fully saturated rings. The average molecular weight is 441 g/mol. The molecule has 3 heterocycles. The van der Waals surface area contributed by atoms with Gasteiger partial charge in [-0.1, -0.05) is 11.6 Å². The van der Waals surface area contributed by atoms with E-state index in [0.29, 0.717) is 20.9 Å². The topological polar surface area (TPSA) is 74.8 Å². The SMILES string of the molecule is CN(C)CC1(c2csc(N3C[C@H](CNC(=O)c4ccc(Cl)s4)OC3=O)n2)CC1. The summed E-state index contributed by atoms with van der Waals surface area (Å²) in [7, 11) is 4.13. The van der Waals surface area contributed by atoms with Gasteiger partial charge in [-0.15, -0.1) is 22.7 Å². The molecule has 10 heteroatoms. The lowest BCUT2D eigenvalue weighted by molar-refractivity contribution is 0.0920. The Kier molecular flexibility index (Phi) is 5.34. The van der Waals surface area contributed by atoms with E-state index in [0.717, 1.165) is 25.1 Å². The molecule has 28 heavy (non-hydrogen) atoms. The van der Waals surface area contributed by atoms with Crippen molar-refractivity contribution in [3.63, 3.8) is 0 Å². The molecule has 0 radical (unpaired) electrons. The summed E-state index contributed by atoms with van der Waals surface area (Å²) >= 11 is 8.54. The van der Waals surface area contributed by atoms with Crippen LogP contribution in [0, 0.1) is 0 Å². The van der Waals surface area contributed by atoms with Crippen molar-refractivity contribution in [3.8, 4) is 0 Å². The lowest BCUT2D eigenvalue weighted by atomic mass is 10.0. The van der Waals surface area contributed by atoms with E-state index in [1.54, 1.807) is 17.0 Å². The van der Waals surface area contributed by atoms with Crippen molar-refractivity contribution in [2.24, 2.45) is 0 Å². The van der Waals surface area contributed by atoms with Gasteiger partial charge in [0.2, 0.25) is 0 Å². The number of thiazole rings is 1. The molecule has 4 rings (SSSR count). The van der Waals surface area contributed by atoms with Crippen LogP contribution in [-0.2, 0) is 10.2 Å². The number of anilines is 1. The van der Waals surface area contributed by atoms with Crippen LogP contribution >= 0.6 is 34.3 Å². The summed E-state index contributed by atoms with van der Waals surface area (Å²) in [5.41, 5.74) is 1.18. The van der Waals surface area contributed by atoms with Crippen molar-refractivity contribution >= 4 is 51.4 Å². The van der Waals surface area contributed by atoms with E-state index in [9.17, 15) is 9.59 Å². The highest BCUT2D eigenvalue weighted by Gasteiger charge is 2.47. The second kappa shape index (κ2) is 7.62. The Hall–Kier alpha value is -1.68. The van der Waals surface area contributed by atoms with Crippen molar-refractivity contribution in [1.82, 2.24) is 15.2 Å². The molecule has 2 aromatic heterocycles. The van der Waals surface area contributed by atoms with E-state index in [-0.39, 0.29) is 17.9 Å². The predicted octanol–water partition coefficient (Wildman–Crippen LogP) is 3.21. The summed E-state index contributed by atoms with van der Waals surface area (Å²) < 4.78 is 5.96. The zero-order valence-corrected chi connectivity index (χ0v) is 18.0. The Bertz CT molecular complexity index is 893. The van der Waals surface area contributed by atoms with Crippen LogP contribution in [-0.4, -0.2) is 61.7 Å². The number of likely N-dealkylation sites (N-methyl/N-ethyl adjacent to an activating group) is 1. The molecular formula is C18H21ClN4O3S2. The van der Waals surface area contributed by atoms with Gasteiger partial charge >= 0.3 is 6.09 Å². The molecule has 1 aliphatic carbocycles. The third kappa shape index (κ3) is 4.03. The van der Waals surface area contributed by atoms with E-state index in [1.165, 1.54) is 22.7 Å². The van der Waals surface area contributed by atoms with Gasteiger partial charge in [0.1, 0.15) is 6.10 Å². The molecule has 0 aromatic carbocycles. The highest BCUT2D eigenvalue weighted by Crippen LogP contribution is 2.49. The lowest BCUT2D eigenvalue weighted by Crippen LogP contribution is -2.34. The summed E-state index contributed by atoms with van der Waals surface area (Å²) in [6.45, 7) is 1.58. The van der Waals surface area contributed by atoms with E-state index in [1.807, 2.05) is 0 Å². The molecule has 1 saturated carbocycles. The number of hydrogen-bond donors (Lipinski definition) is 1. The molecule has 7 nitrogen and oxygen atoms in total. The first-order valence-electron chi connectivity index (χ1n) is 8.99. The smallest absolute Gasteiger partial charge is 0.416 e. The summed E-state index contributed by atoms with van der Waals surface area (Å²) in [6.07, 6.45) is 1.42. The number of nitrogens with one attached hydrogen (secondary N) is 1. The molecule has 0 unspecified atom stereocenters. The lowest BCUT2D eigenvalue weighted by Gasteiger charge is -2.18. The Labute approximate surface area is 176 Å². The van der Waals surface area contributed by atoms with Gasteiger partial charge in [0.15, 0.2) is 5.13 Å². The minimum absolute atomic E-state index is 0.122. The highest BCUT2D eigenvalue weighted by molar-refractivity contribution is 7.18. The number of thiophene rings is 1. The van der Waals surface area contributed by atoms with E-state index in [2.05, 4.69) is 29.7 Å². The number of ether oxygens (including phenoxy) is 1. The van der Waals surface area contributed by atoms with Crippen LogP contribution in [0.4, 0.5) is 9.93 Å². The maximum atomic E-state index is 12.3. The number of rotatable bonds is 7. The maximum Gasteiger partial charge on any atom is 0.416 e. The quantitative estimate of drug-likeness (QED) is 0.715. The molecule has 1 atom stereocenters. The van der Waals surface area contributed by atoms with Crippen LogP contribution in [0.15, 0.2) is 17.5 Å². The van der Waals surface area contributed by atoms with Crippen LogP contribution in [0.1, 0.15) is 28.2 Å². The van der Waals surface area contributed by atoms with Gasteiger partial charge in [0.05, 0.1) is 28.0 Å². The monoisotopic (exact) mass is 440 g/mol. The third-order valence-corrected chi connectivity index (χ3v) is 6.99. The first kappa shape index (κ1) is 19.6. The number of hydrogen-bond acceptors (Lipinski definition) is 7. The molecule has 1 saturated heterocycles. The maximum absolute atomic E-state index is 12.3. The van der Waals surface area contributed by atoms with Crippen LogP contribution in [0.25, 0.3) is 0 Å². The fourth-order valence-electron chi connectivity index (χ4n) is 3.40. The van der Waals surface area contributed by atoms with Gasteiger partial charge in [-0.05, 0) is 39.1 Å². The van der Waals surface area contributed by atoms with Crippen molar-refractivity contribution in [1.29, 1.82) is 0 Å². The second-order valence-electron chi connectivity index (χ2n) is 7.46. The zero-order valence-electron chi connectivity index (χ0n) is 15.6. The van der Waals surface area contributed by atoms with Crippen LogP contribution < -0.4 is 10.2 Å². The standard InChI is InChI=1S/C18H21ClN4O3S2/c1-22(2)10-18(5-6-18)13-9-27-16(21-13)23-8-11(26-17(23)25)7-20-15(24)12-3-4-14(19)28-12/h3-4,9,11H,5-8,10H2,1-2H3,(H,20,24)/t11-/m0/s1. The minimum Gasteiger partial charge on any atom is -0.442 e. The number of carbonyl (C=O) groups is 2. The summed E-state index contributed by atoms with van der Waals surface area (Å²) in [6, 6.07) is 3.36. The highest BCUT2D eigenvalue weighted by atomic mass is 35.5. The molecule has 0 bridgehead atoms. The van der Waals surface area contributed by atoms with Gasteiger partial charge in [-0.2, -0.15) is 0 Å². The van der Waals surface area contributed by atoms with Gasteiger partial charge < -0.3 is 15.0 Å². The molecule has 1 aliphatic heterocycles. The number of halogens is 1. The molecule has 2 aromatic rings. The Morgan fingerprint density at radius 3 is 2.89 bits per heavy atom. The molecule has 2 amide bonds. The Morgan fingerprint density at radius 1 is 1.46 bits per heavy atom. The number of aromatic nitrogens is 1. The molecule has 0 spiro atoms. The zero-order chi connectivity index (χ0) is 19.9. The molecule has 150 valence electrons. The van der Waals surface area contributed by atoms with Gasteiger partial charge in [0, 0.05) is 17.3 Å². The second-order valence-corrected chi connectivity index (χ2v) is 10.0. The fraction of sp³-hybridized carbons (Fsp3) is 0.500. The van der Waals surface area contributed by atoms with Crippen molar-refractivity contribution in [3.05, 3.63) is 32.4 Å². The van der Waals surface area contributed by atoms with E-state index >= 15 is 0 Å². The Balaban J connectivity index is 1.36. The number of amides is 2. The molecule has 2 aliphatic rings. The molecular weight excluding hydrogens is 420 g/mol. The summed E-state index contributed by atoms with van der Waals surface area (Å²) in [5, 5.41) is 5.50. The first-order valence-corrected chi connectivity index (χ1v) is 11.1. The van der Waals surface area contributed by atoms with Gasteiger partial charge in [-0.3, -0.25) is 4.79 Å². The van der Waals surface area contributed by atoms with E-state index in [4.69, 9.17) is 21.3 Å². The van der Waals surface area contributed by atoms with Crippen molar-refractivity contribution in [2.75, 3.05) is 38.6 Å². The van der Waals surface area contributed by atoms with Crippen LogP contribution in [0.3, 0.4) is 0 Å². The first-order chi connectivity index (χ1) is 13.4. The summed E-state index contributed by atoms with van der Waals surface area (Å²) in [5.74, 6) is -0.220. The van der Waals surface area contributed by atoms with Crippen LogP contribution in [0.5, 0.6) is 0 Å². The van der Waals surface area contributed by atoms with Gasteiger partial charge in [-0.25, -0.2) is 14.7 Å². The Morgan fingerprint density at radius 2 is 2.25 bits per heavy atom. The number of nitrogens with zero attached hydrogens (tertiary/aromatic N) is 3. The fourth-order valence-corrected chi connectivity index (χ4v) is 5.30. The number of cyclic esters (lactones) is 1. The largest absolute Gasteiger partial charge is 0.442 e. The third-order valence-electron chi connectivity index (χ3n) is 4.90. The normalized spacial score (nSPS) is 20.5. The molecule has 1 N–H and O–H groups in total. The summed E-state index contributed by atoms with van der Waals surface area (Å²) in [4.78, 5) is 33.4. The number of carbonyl (C=O) groups excluding carboxylic acids is 2.